The molecule has 7 nitrogen and oxygen atoms in total. The van der Waals surface area contributed by atoms with Crippen LogP contribution in [0.2, 0.25) is 0 Å². The number of ether oxygens (including phenoxy) is 1. The fourth-order valence-corrected chi connectivity index (χ4v) is 3.70. The lowest BCUT2D eigenvalue weighted by atomic mass is 9.89. The van der Waals surface area contributed by atoms with Gasteiger partial charge in [-0.1, -0.05) is 26.7 Å². The van der Waals surface area contributed by atoms with E-state index in [1.54, 1.807) is 0 Å². The first-order valence-electron chi connectivity index (χ1n) is 9.99. The molecule has 1 heterocycles. The Kier molecular flexibility index (Phi) is 8.72. The Bertz CT molecular complexity index is 526. The summed E-state index contributed by atoms with van der Waals surface area (Å²) in [4.78, 5) is 36.0. The Morgan fingerprint density at radius 1 is 1.11 bits per heavy atom. The molecule has 1 aliphatic rings. The van der Waals surface area contributed by atoms with Crippen molar-refractivity contribution in [2.45, 2.75) is 104 Å². The molecule has 3 N–H and O–H groups in total. The molecule has 0 saturated carbocycles. The average molecular weight is 384 g/mol. The highest BCUT2D eigenvalue weighted by atomic mass is 16.6. The standard InChI is InChI=1S/C20H37N3O4/c1-8-14(9-2)10-15(21-12(3)24)18-16(22-13(4)25)11-17(23-18)19(26)27-20(5,6)7/h14-18,23H,8-11H2,1-7H3,(H,21,24)(H,22,25)/t15-,16+,17+,18-/m0/s1. The molecule has 1 aliphatic heterocycles. The molecule has 4 atom stereocenters. The van der Waals surface area contributed by atoms with Gasteiger partial charge in [-0.25, -0.2) is 0 Å². The zero-order valence-corrected chi connectivity index (χ0v) is 17.8. The monoisotopic (exact) mass is 383 g/mol. The van der Waals surface area contributed by atoms with Gasteiger partial charge in [0.2, 0.25) is 11.8 Å². The lowest BCUT2D eigenvalue weighted by molar-refractivity contribution is -0.157. The van der Waals surface area contributed by atoms with Gasteiger partial charge in [-0.2, -0.15) is 0 Å². The highest BCUT2D eigenvalue weighted by Gasteiger charge is 2.43. The van der Waals surface area contributed by atoms with Gasteiger partial charge in [-0.15, -0.1) is 0 Å². The van der Waals surface area contributed by atoms with E-state index in [1.165, 1.54) is 13.8 Å². The smallest absolute Gasteiger partial charge is 0.323 e. The predicted molar refractivity (Wildman–Crippen MR) is 105 cm³/mol. The minimum Gasteiger partial charge on any atom is -0.459 e. The summed E-state index contributed by atoms with van der Waals surface area (Å²) < 4.78 is 5.51. The zero-order chi connectivity index (χ0) is 20.8. The molecule has 0 aromatic rings. The predicted octanol–water partition coefficient (Wildman–Crippen LogP) is 1.89. The Hall–Kier alpha value is -1.63. The highest BCUT2D eigenvalue weighted by Crippen LogP contribution is 2.25. The molecule has 0 unspecified atom stereocenters. The van der Waals surface area contributed by atoms with E-state index >= 15 is 0 Å². The minimum atomic E-state index is -0.576. The van der Waals surface area contributed by atoms with Gasteiger partial charge < -0.3 is 15.4 Å². The van der Waals surface area contributed by atoms with Crippen LogP contribution in [0.1, 0.15) is 74.1 Å². The van der Waals surface area contributed by atoms with Crippen molar-refractivity contribution in [2.75, 3.05) is 0 Å². The van der Waals surface area contributed by atoms with Crippen LogP contribution in [0.3, 0.4) is 0 Å². The van der Waals surface area contributed by atoms with Gasteiger partial charge in [0.25, 0.3) is 0 Å². The molecule has 7 heteroatoms. The third-order valence-electron chi connectivity index (χ3n) is 4.96. The number of hydrogen-bond acceptors (Lipinski definition) is 5. The lowest BCUT2D eigenvalue weighted by Gasteiger charge is -2.32. The van der Waals surface area contributed by atoms with Gasteiger partial charge in [0.15, 0.2) is 0 Å². The number of rotatable bonds is 8. The molecule has 0 aromatic carbocycles. The number of carbonyl (C=O) groups is 3. The normalized spacial score (nSPS) is 23.8. The molecule has 1 saturated heterocycles. The Balaban J connectivity index is 3.02. The molecule has 0 bridgehead atoms. The summed E-state index contributed by atoms with van der Waals surface area (Å²) in [7, 11) is 0. The molecule has 156 valence electrons. The Morgan fingerprint density at radius 3 is 2.15 bits per heavy atom. The third-order valence-corrected chi connectivity index (χ3v) is 4.96. The summed E-state index contributed by atoms with van der Waals surface area (Å²) >= 11 is 0. The van der Waals surface area contributed by atoms with Crippen LogP contribution in [-0.2, 0) is 19.1 Å². The highest BCUT2D eigenvalue weighted by molar-refractivity contribution is 5.78. The molecule has 0 aliphatic carbocycles. The van der Waals surface area contributed by atoms with Crippen molar-refractivity contribution in [3.8, 4) is 0 Å². The summed E-state index contributed by atoms with van der Waals surface area (Å²) in [6.07, 6.45) is 3.26. The fourth-order valence-electron chi connectivity index (χ4n) is 3.70. The molecule has 27 heavy (non-hydrogen) atoms. The van der Waals surface area contributed by atoms with Gasteiger partial charge in [0.05, 0.1) is 0 Å². The molecule has 2 amide bonds. The SMILES string of the molecule is CCC(CC)C[C@H](NC(C)=O)[C@@H]1N[C@@H](C(=O)OC(C)(C)C)C[C@H]1NC(C)=O. The van der Waals surface area contributed by atoms with E-state index in [0.29, 0.717) is 12.3 Å². The summed E-state index contributed by atoms with van der Waals surface area (Å²) in [6.45, 7) is 12.7. The van der Waals surface area contributed by atoms with E-state index in [0.717, 1.165) is 19.3 Å². The molecule has 1 rings (SSSR count). The van der Waals surface area contributed by atoms with E-state index in [4.69, 9.17) is 4.74 Å². The maximum Gasteiger partial charge on any atom is 0.323 e. The van der Waals surface area contributed by atoms with Crippen LogP contribution in [0.4, 0.5) is 0 Å². The van der Waals surface area contributed by atoms with E-state index in [1.807, 2.05) is 20.8 Å². The van der Waals surface area contributed by atoms with Crippen LogP contribution in [0, 0.1) is 5.92 Å². The number of nitrogens with one attached hydrogen (secondary N) is 3. The number of amides is 2. The van der Waals surface area contributed by atoms with Crippen molar-refractivity contribution in [3.63, 3.8) is 0 Å². The molecule has 0 spiro atoms. The topological polar surface area (TPSA) is 96.5 Å². The van der Waals surface area contributed by atoms with Gasteiger partial charge >= 0.3 is 5.97 Å². The van der Waals surface area contributed by atoms with Crippen LogP contribution in [0.15, 0.2) is 0 Å². The Labute approximate surface area is 163 Å². The molecule has 0 radical (unpaired) electrons. The van der Waals surface area contributed by atoms with Gasteiger partial charge in [-0.05, 0) is 39.5 Å². The quantitative estimate of drug-likeness (QED) is 0.556. The summed E-state index contributed by atoms with van der Waals surface area (Å²) in [5, 5.41) is 9.29. The first kappa shape index (κ1) is 23.4. The fraction of sp³-hybridized carbons (Fsp3) is 0.850. The van der Waals surface area contributed by atoms with E-state index in [-0.39, 0.29) is 35.9 Å². The van der Waals surface area contributed by atoms with Crippen LogP contribution < -0.4 is 16.0 Å². The second-order valence-electron chi connectivity index (χ2n) is 8.55. The summed E-state index contributed by atoms with van der Waals surface area (Å²) in [5.74, 6) is -0.137. The largest absolute Gasteiger partial charge is 0.459 e. The summed E-state index contributed by atoms with van der Waals surface area (Å²) in [5.41, 5.74) is -0.576. The van der Waals surface area contributed by atoms with Crippen molar-refractivity contribution in [3.05, 3.63) is 0 Å². The van der Waals surface area contributed by atoms with E-state index in [2.05, 4.69) is 29.8 Å². The summed E-state index contributed by atoms with van der Waals surface area (Å²) in [6, 6.07) is -1.15. The van der Waals surface area contributed by atoms with Gasteiger partial charge in [-0.3, -0.25) is 19.7 Å². The molecule has 0 aromatic heterocycles. The van der Waals surface area contributed by atoms with Crippen molar-refractivity contribution < 1.29 is 19.1 Å². The molecular formula is C20H37N3O4. The maximum absolute atomic E-state index is 12.5. The van der Waals surface area contributed by atoms with Crippen molar-refractivity contribution in [1.29, 1.82) is 0 Å². The molecule has 1 fully saturated rings. The van der Waals surface area contributed by atoms with E-state index < -0.39 is 11.6 Å². The number of esters is 1. The van der Waals surface area contributed by atoms with Crippen LogP contribution in [0.25, 0.3) is 0 Å². The first-order valence-corrected chi connectivity index (χ1v) is 9.99. The second-order valence-corrected chi connectivity index (χ2v) is 8.55. The second kappa shape index (κ2) is 10.1. The number of hydrogen-bond donors (Lipinski definition) is 3. The number of carbonyl (C=O) groups excluding carboxylic acids is 3. The average Bonchev–Trinajstić information content (AvgIpc) is 2.92. The minimum absolute atomic E-state index is 0.116. The molecular weight excluding hydrogens is 346 g/mol. The maximum atomic E-state index is 12.5. The third kappa shape index (κ3) is 7.87. The van der Waals surface area contributed by atoms with Crippen LogP contribution >= 0.6 is 0 Å². The van der Waals surface area contributed by atoms with Crippen LogP contribution in [0.5, 0.6) is 0 Å². The van der Waals surface area contributed by atoms with Crippen LogP contribution in [-0.4, -0.2) is 47.6 Å². The first-order chi connectivity index (χ1) is 12.5. The van der Waals surface area contributed by atoms with E-state index in [9.17, 15) is 14.4 Å². The van der Waals surface area contributed by atoms with Crippen molar-refractivity contribution >= 4 is 17.8 Å². The van der Waals surface area contributed by atoms with Crippen molar-refractivity contribution in [1.82, 2.24) is 16.0 Å². The lowest BCUT2D eigenvalue weighted by Crippen LogP contribution is -2.56. The zero-order valence-electron chi connectivity index (χ0n) is 17.8. The van der Waals surface area contributed by atoms with Gasteiger partial charge in [0.1, 0.15) is 11.6 Å². The van der Waals surface area contributed by atoms with Crippen molar-refractivity contribution in [2.24, 2.45) is 5.92 Å². The Morgan fingerprint density at radius 2 is 1.70 bits per heavy atom. The van der Waals surface area contributed by atoms with Gasteiger partial charge in [0, 0.05) is 32.0 Å².